The van der Waals surface area contributed by atoms with Crippen LogP contribution in [0.3, 0.4) is 0 Å². The SMILES string of the molecule is Cn1ncnc1CN[C@@H](c1ccc2c(c1)CCC2)c1cccs1. The van der Waals surface area contributed by atoms with Crippen molar-refractivity contribution in [3.8, 4) is 0 Å². The number of aryl methyl sites for hydroxylation is 3. The third-order valence-electron chi connectivity index (χ3n) is 4.55. The highest BCUT2D eigenvalue weighted by atomic mass is 32.1. The molecule has 1 atom stereocenters. The minimum atomic E-state index is 0.206. The van der Waals surface area contributed by atoms with Crippen LogP contribution in [0.4, 0.5) is 0 Å². The van der Waals surface area contributed by atoms with Crippen LogP contribution >= 0.6 is 11.3 Å². The predicted octanol–water partition coefficient (Wildman–Crippen LogP) is 3.24. The average Bonchev–Trinajstić information content (AvgIpc) is 3.29. The zero-order valence-corrected chi connectivity index (χ0v) is 14.0. The van der Waals surface area contributed by atoms with Gasteiger partial charge in [-0.15, -0.1) is 11.3 Å². The molecule has 1 N–H and O–H groups in total. The summed E-state index contributed by atoms with van der Waals surface area (Å²) in [5.41, 5.74) is 4.38. The molecule has 0 amide bonds. The Balaban J connectivity index is 1.62. The van der Waals surface area contributed by atoms with E-state index in [-0.39, 0.29) is 6.04 Å². The summed E-state index contributed by atoms with van der Waals surface area (Å²) in [6, 6.07) is 11.5. The topological polar surface area (TPSA) is 42.7 Å². The van der Waals surface area contributed by atoms with Crippen molar-refractivity contribution in [3.05, 3.63) is 69.4 Å². The molecule has 1 aromatic carbocycles. The van der Waals surface area contributed by atoms with Gasteiger partial charge in [0, 0.05) is 11.9 Å². The van der Waals surface area contributed by atoms with Gasteiger partial charge in [0.1, 0.15) is 12.2 Å². The highest BCUT2D eigenvalue weighted by Gasteiger charge is 2.19. The van der Waals surface area contributed by atoms with Gasteiger partial charge in [-0.1, -0.05) is 24.3 Å². The van der Waals surface area contributed by atoms with Crippen LogP contribution in [0, 0.1) is 0 Å². The molecule has 1 aliphatic carbocycles. The summed E-state index contributed by atoms with van der Waals surface area (Å²) in [5, 5.41) is 9.94. The summed E-state index contributed by atoms with van der Waals surface area (Å²) in [6.07, 6.45) is 5.33. The number of aromatic nitrogens is 3. The Hall–Kier alpha value is -1.98. The molecular weight excluding hydrogens is 304 g/mol. The van der Waals surface area contributed by atoms with E-state index in [0.29, 0.717) is 6.54 Å². The smallest absolute Gasteiger partial charge is 0.140 e. The molecule has 0 saturated carbocycles. The second kappa shape index (κ2) is 6.26. The molecule has 0 bridgehead atoms. The van der Waals surface area contributed by atoms with Gasteiger partial charge in [-0.3, -0.25) is 10.00 Å². The Morgan fingerprint density at radius 2 is 2.17 bits per heavy atom. The summed E-state index contributed by atoms with van der Waals surface area (Å²) in [7, 11) is 1.93. The maximum Gasteiger partial charge on any atom is 0.140 e. The van der Waals surface area contributed by atoms with Crippen LogP contribution in [0.1, 0.15) is 39.9 Å². The van der Waals surface area contributed by atoms with Crippen molar-refractivity contribution in [3.63, 3.8) is 0 Å². The lowest BCUT2D eigenvalue weighted by Gasteiger charge is -2.19. The molecule has 5 heteroatoms. The van der Waals surface area contributed by atoms with Crippen LogP contribution in [0.15, 0.2) is 42.0 Å². The van der Waals surface area contributed by atoms with Crippen LogP contribution in [0.25, 0.3) is 0 Å². The van der Waals surface area contributed by atoms with Crippen LogP contribution < -0.4 is 5.32 Å². The minimum Gasteiger partial charge on any atom is -0.298 e. The quantitative estimate of drug-likeness (QED) is 0.783. The van der Waals surface area contributed by atoms with Gasteiger partial charge in [0.15, 0.2) is 0 Å². The van der Waals surface area contributed by atoms with E-state index in [0.717, 1.165) is 5.82 Å². The van der Waals surface area contributed by atoms with Crippen molar-refractivity contribution < 1.29 is 0 Å². The number of nitrogens with one attached hydrogen (secondary N) is 1. The monoisotopic (exact) mass is 324 g/mol. The summed E-state index contributed by atoms with van der Waals surface area (Å²) in [6.45, 7) is 0.705. The maximum absolute atomic E-state index is 4.31. The lowest BCUT2D eigenvalue weighted by molar-refractivity contribution is 0.567. The van der Waals surface area contributed by atoms with E-state index in [1.54, 1.807) is 17.7 Å². The largest absolute Gasteiger partial charge is 0.298 e. The van der Waals surface area contributed by atoms with Crippen LogP contribution in [-0.4, -0.2) is 14.8 Å². The van der Waals surface area contributed by atoms with E-state index in [2.05, 4.69) is 51.1 Å². The first kappa shape index (κ1) is 14.6. The van der Waals surface area contributed by atoms with Crippen LogP contribution in [-0.2, 0) is 26.4 Å². The van der Waals surface area contributed by atoms with E-state index in [1.807, 2.05) is 11.7 Å². The predicted molar refractivity (Wildman–Crippen MR) is 92.5 cm³/mol. The van der Waals surface area contributed by atoms with Gasteiger partial charge in [0.05, 0.1) is 12.6 Å². The Morgan fingerprint density at radius 3 is 2.96 bits per heavy atom. The molecule has 23 heavy (non-hydrogen) atoms. The molecule has 0 radical (unpaired) electrons. The molecule has 3 aromatic rings. The molecule has 0 aliphatic heterocycles. The first-order valence-electron chi connectivity index (χ1n) is 8.02. The third kappa shape index (κ3) is 2.94. The number of rotatable bonds is 5. The summed E-state index contributed by atoms with van der Waals surface area (Å²) < 4.78 is 1.82. The molecule has 0 unspecified atom stereocenters. The zero-order chi connectivity index (χ0) is 15.6. The summed E-state index contributed by atoms with van der Waals surface area (Å²) in [4.78, 5) is 5.65. The lowest BCUT2D eigenvalue weighted by atomic mass is 10.00. The molecule has 0 fully saturated rings. The van der Waals surface area contributed by atoms with Crippen molar-refractivity contribution in [2.24, 2.45) is 7.05 Å². The van der Waals surface area contributed by atoms with E-state index < -0.39 is 0 Å². The molecule has 4 rings (SSSR count). The van der Waals surface area contributed by atoms with Gasteiger partial charge < -0.3 is 0 Å². The summed E-state index contributed by atoms with van der Waals surface area (Å²) in [5.74, 6) is 0.952. The van der Waals surface area contributed by atoms with Gasteiger partial charge in [0.25, 0.3) is 0 Å². The molecule has 1 aliphatic rings. The highest BCUT2D eigenvalue weighted by Crippen LogP contribution is 2.30. The standard InChI is InChI=1S/C18H20N4S/c1-22-17(20-12-21-22)11-19-18(16-6-3-9-23-16)15-8-7-13-4-2-5-14(13)10-15/h3,6-10,12,18-19H,2,4-5,11H2,1H3/t18-/m0/s1. The normalized spacial score (nSPS) is 14.8. The molecule has 0 saturated heterocycles. The van der Waals surface area contributed by atoms with Gasteiger partial charge >= 0.3 is 0 Å². The third-order valence-corrected chi connectivity index (χ3v) is 5.49. The number of nitrogens with zero attached hydrogens (tertiary/aromatic N) is 3. The fourth-order valence-corrected chi connectivity index (χ4v) is 4.11. The highest BCUT2D eigenvalue weighted by molar-refractivity contribution is 7.10. The van der Waals surface area contributed by atoms with E-state index in [4.69, 9.17) is 0 Å². The van der Waals surface area contributed by atoms with Crippen molar-refractivity contribution in [2.75, 3.05) is 0 Å². The average molecular weight is 324 g/mol. The minimum absolute atomic E-state index is 0.206. The molecule has 4 nitrogen and oxygen atoms in total. The van der Waals surface area contributed by atoms with E-state index in [9.17, 15) is 0 Å². The first-order chi connectivity index (χ1) is 11.3. The Bertz CT molecular complexity index is 791. The Labute approximate surface area is 140 Å². The molecular formula is C18H20N4S. The Morgan fingerprint density at radius 1 is 1.26 bits per heavy atom. The second-order valence-electron chi connectivity index (χ2n) is 6.01. The van der Waals surface area contributed by atoms with Crippen molar-refractivity contribution in [1.82, 2.24) is 20.1 Å². The Kier molecular flexibility index (Phi) is 3.97. The lowest BCUT2D eigenvalue weighted by Crippen LogP contribution is -2.23. The number of benzene rings is 1. The van der Waals surface area contributed by atoms with E-state index >= 15 is 0 Å². The molecule has 2 heterocycles. The molecule has 0 spiro atoms. The maximum atomic E-state index is 4.31. The van der Waals surface area contributed by atoms with Crippen molar-refractivity contribution >= 4 is 11.3 Å². The van der Waals surface area contributed by atoms with Crippen molar-refractivity contribution in [2.45, 2.75) is 31.8 Å². The fraction of sp³-hybridized carbons (Fsp3) is 0.333. The van der Waals surface area contributed by atoms with Gasteiger partial charge in [-0.25, -0.2) is 4.98 Å². The van der Waals surface area contributed by atoms with Crippen molar-refractivity contribution in [1.29, 1.82) is 0 Å². The zero-order valence-electron chi connectivity index (χ0n) is 13.2. The number of hydrogen-bond donors (Lipinski definition) is 1. The van der Waals surface area contributed by atoms with E-state index in [1.165, 1.54) is 40.8 Å². The molecule has 2 aromatic heterocycles. The second-order valence-corrected chi connectivity index (χ2v) is 6.99. The summed E-state index contributed by atoms with van der Waals surface area (Å²) >= 11 is 1.80. The number of thiophene rings is 1. The number of fused-ring (bicyclic) bond motifs is 1. The molecule has 118 valence electrons. The van der Waals surface area contributed by atoms with Crippen LogP contribution in [0.5, 0.6) is 0 Å². The van der Waals surface area contributed by atoms with Gasteiger partial charge in [-0.2, -0.15) is 5.10 Å². The van der Waals surface area contributed by atoms with Crippen LogP contribution in [0.2, 0.25) is 0 Å². The number of hydrogen-bond acceptors (Lipinski definition) is 4. The van der Waals surface area contributed by atoms with Gasteiger partial charge in [0.2, 0.25) is 0 Å². The first-order valence-corrected chi connectivity index (χ1v) is 8.90. The van der Waals surface area contributed by atoms with Gasteiger partial charge in [-0.05, 0) is 47.4 Å². The fourth-order valence-electron chi connectivity index (χ4n) is 3.28.